The third-order valence-electron chi connectivity index (χ3n) is 5.23. The third kappa shape index (κ3) is 6.02. The number of nitrogens with zero attached hydrogens (tertiary/aromatic N) is 1. The fourth-order valence-electron chi connectivity index (χ4n) is 3.49. The maximum absolute atomic E-state index is 12.3. The molecule has 0 aliphatic heterocycles. The summed E-state index contributed by atoms with van der Waals surface area (Å²) in [6.45, 7) is 4.82. The maximum atomic E-state index is 12.3. The van der Waals surface area contributed by atoms with Crippen molar-refractivity contribution in [1.82, 2.24) is 10.2 Å². The van der Waals surface area contributed by atoms with E-state index >= 15 is 0 Å². The van der Waals surface area contributed by atoms with E-state index in [2.05, 4.69) is 24.5 Å². The first-order valence-electron chi connectivity index (χ1n) is 9.31. The second-order valence-corrected chi connectivity index (χ2v) is 7.39. The van der Waals surface area contributed by atoms with Gasteiger partial charge in [0.2, 0.25) is 11.8 Å². The summed E-state index contributed by atoms with van der Waals surface area (Å²) in [6.07, 6.45) is 3.43. The number of nitrogens with one attached hydrogen (secondary N) is 2. The Balaban J connectivity index is 1.77. The van der Waals surface area contributed by atoms with Crippen LogP contribution in [-0.2, 0) is 9.59 Å². The molecule has 1 fully saturated rings. The van der Waals surface area contributed by atoms with Crippen LogP contribution in [-0.4, -0.2) is 50.0 Å². The molecule has 1 aromatic carbocycles. The molecule has 1 aliphatic carbocycles. The van der Waals surface area contributed by atoms with Gasteiger partial charge in [-0.25, -0.2) is 0 Å². The topological polar surface area (TPSA) is 70.7 Å². The van der Waals surface area contributed by atoms with Crippen LogP contribution in [0, 0.1) is 11.8 Å². The van der Waals surface area contributed by atoms with Crippen molar-refractivity contribution in [2.75, 3.05) is 32.6 Å². The maximum Gasteiger partial charge on any atom is 0.238 e. The highest BCUT2D eigenvalue weighted by atomic mass is 16.5. The largest absolute Gasteiger partial charge is 0.497 e. The van der Waals surface area contributed by atoms with Crippen LogP contribution in [0.5, 0.6) is 5.75 Å². The van der Waals surface area contributed by atoms with Crippen molar-refractivity contribution in [1.29, 1.82) is 0 Å². The first-order valence-corrected chi connectivity index (χ1v) is 9.31. The lowest BCUT2D eigenvalue weighted by atomic mass is 9.78. The zero-order valence-corrected chi connectivity index (χ0v) is 16.2. The van der Waals surface area contributed by atoms with Gasteiger partial charge in [0.25, 0.3) is 0 Å². The van der Waals surface area contributed by atoms with Crippen molar-refractivity contribution in [2.24, 2.45) is 11.8 Å². The molecular weight excluding hydrogens is 330 g/mol. The highest BCUT2D eigenvalue weighted by Crippen LogP contribution is 2.29. The highest BCUT2D eigenvalue weighted by molar-refractivity contribution is 5.92. The van der Waals surface area contributed by atoms with Gasteiger partial charge in [0, 0.05) is 17.8 Å². The van der Waals surface area contributed by atoms with Gasteiger partial charge in [-0.05, 0) is 37.4 Å². The Morgan fingerprint density at radius 3 is 2.65 bits per heavy atom. The Hall–Kier alpha value is -2.08. The van der Waals surface area contributed by atoms with Gasteiger partial charge < -0.3 is 15.4 Å². The summed E-state index contributed by atoms with van der Waals surface area (Å²) < 4.78 is 5.14. The Bertz CT molecular complexity index is 620. The van der Waals surface area contributed by atoms with Gasteiger partial charge in [-0.1, -0.05) is 32.8 Å². The standard InChI is InChI=1S/C20H31N3O3/c1-14-7-5-10-18(15(14)2)22-20(25)13-23(3)12-19(24)21-16-8-6-9-17(11-16)26-4/h6,8-9,11,14-15,18H,5,7,10,12-13H2,1-4H3,(H,21,24)(H,22,25)/t14-,15-,18+/m1/s1. The summed E-state index contributed by atoms with van der Waals surface area (Å²) in [7, 11) is 3.36. The number of hydrogen-bond acceptors (Lipinski definition) is 4. The monoisotopic (exact) mass is 361 g/mol. The Labute approximate surface area is 156 Å². The van der Waals surface area contributed by atoms with Crippen molar-refractivity contribution < 1.29 is 14.3 Å². The van der Waals surface area contributed by atoms with Crippen LogP contribution in [0.4, 0.5) is 5.69 Å². The fraction of sp³-hybridized carbons (Fsp3) is 0.600. The second-order valence-electron chi connectivity index (χ2n) is 7.39. The van der Waals surface area contributed by atoms with Crippen molar-refractivity contribution in [3.8, 4) is 5.75 Å². The second kappa shape index (κ2) is 9.57. The molecule has 1 saturated carbocycles. The molecule has 6 heteroatoms. The third-order valence-corrected chi connectivity index (χ3v) is 5.23. The Morgan fingerprint density at radius 1 is 1.19 bits per heavy atom. The predicted molar refractivity (Wildman–Crippen MR) is 103 cm³/mol. The zero-order valence-electron chi connectivity index (χ0n) is 16.2. The fourth-order valence-corrected chi connectivity index (χ4v) is 3.49. The number of hydrogen-bond donors (Lipinski definition) is 2. The molecule has 0 radical (unpaired) electrons. The van der Waals surface area contributed by atoms with Gasteiger partial charge >= 0.3 is 0 Å². The van der Waals surface area contributed by atoms with E-state index in [0.29, 0.717) is 23.3 Å². The average molecular weight is 361 g/mol. The molecule has 1 aliphatic rings. The smallest absolute Gasteiger partial charge is 0.238 e. The van der Waals surface area contributed by atoms with Crippen LogP contribution in [0.25, 0.3) is 0 Å². The van der Waals surface area contributed by atoms with Crippen LogP contribution < -0.4 is 15.4 Å². The van der Waals surface area contributed by atoms with Crippen molar-refractivity contribution >= 4 is 17.5 Å². The van der Waals surface area contributed by atoms with Gasteiger partial charge in [-0.15, -0.1) is 0 Å². The van der Waals surface area contributed by atoms with Crippen molar-refractivity contribution in [2.45, 2.75) is 39.2 Å². The first kappa shape index (κ1) is 20.2. The molecule has 0 spiro atoms. The van der Waals surface area contributed by atoms with E-state index in [4.69, 9.17) is 4.74 Å². The zero-order chi connectivity index (χ0) is 19.1. The Morgan fingerprint density at radius 2 is 1.92 bits per heavy atom. The summed E-state index contributed by atoms with van der Waals surface area (Å²) in [4.78, 5) is 26.2. The summed E-state index contributed by atoms with van der Waals surface area (Å²) in [5, 5.41) is 5.96. The molecule has 2 N–H and O–H groups in total. The van der Waals surface area contributed by atoms with Gasteiger partial charge in [0.05, 0.1) is 20.2 Å². The quantitative estimate of drug-likeness (QED) is 0.783. The molecule has 1 aromatic rings. The number of rotatable bonds is 7. The highest BCUT2D eigenvalue weighted by Gasteiger charge is 2.28. The van der Waals surface area contributed by atoms with Gasteiger partial charge in [-0.2, -0.15) is 0 Å². The molecule has 0 aromatic heterocycles. The van der Waals surface area contributed by atoms with Crippen LogP contribution in [0.15, 0.2) is 24.3 Å². The van der Waals surface area contributed by atoms with Gasteiger partial charge in [-0.3, -0.25) is 14.5 Å². The van der Waals surface area contributed by atoms with Crippen molar-refractivity contribution in [3.05, 3.63) is 24.3 Å². The number of likely N-dealkylation sites (N-methyl/N-ethyl adjacent to an activating group) is 1. The molecule has 0 saturated heterocycles. The molecule has 6 nitrogen and oxygen atoms in total. The number of amides is 2. The normalized spacial score (nSPS) is 22.7. The van der Waals surface area contributed by atoms with E-state index in [0.717, 1.165) is 12.8 Å². The Kier molecular flexibility index (Phi) is 7.45. The minimum absolute atomic E-state index is 0.0207. The lowest BCUT2D eigenvalue weighted by molar-refractivity contribution is -0.124. The molecule has 3 atom stereocenters. The van der Waals surface area contributed by atoms with E-state index in [-0.39, 0.29) is 30.9 Å². The number of carbonyl (C=O) groups excluding carboxylic acids is 2. The van der Waals surface area contributed by atoms with Crippen LogP contribution >= 0.6 is 0 Å². The SMILES string of the molecule is COc1cccc(NC(=O)CN(C)CC(=O)N[C@H]2CCC[C@@H](C)[C@H]2C)c1. The van der Waals surface area contributed by atoms with Crippen molar-refractivity contribution in [3.63, 3.8) is 0 Å². The van der Waals surface area contributed by atoms with E-state index in [1.165, 1.54) is 6.42 Å². The van der Waals surface area contributed by atoms with E-state index < -0.39 is 0 Å². The molecule has 0 bridgehead atoms. The lowest BCUT2D eigenvalue weighted by Gasteiger charge is -2.34. The molecule has 0 unspecified atom stereocenters. The number of anilines is 1. The van der Waals surface area contributed by atoms with Crippen LogP contribution in [0.1, 0.15) is 33.1 Å². The summed E-state index contributed by atoms with van der Waals surface area (Å²) in [5.74, 6) is 1.64. The summed E-state index contributed by atoms with van der Waals surface area (Å²) >= 11 is 0. The molecular formula is C20H31N3O3. The summed E-state index contributed by atoms with van der Waals surface area (Å²) in [6, 6.07) is 7.44. The lowest BCUT2D eigenvalue weighted by Crippen LogP contribution is -2.47. The predicted octanol–water partition coefficient (Wildman–Crippen LogP) is 2.51. The number of ether oxygens (including phenoxy) is 1. The minimum Gasteiger partial charge on any atom is -0.497 e. The van der Waals surface area contributed by atoms with E-state index in [1.54, 1.807) is 31.2 Å². The minimum atomic E-state index is -0.159. The number of benzene rings is 1. The molecule has 144 valence electrons. The van der Waals surface area contributed by atoms with E-state index in [1.807, 2.05) is 12.1 Å². The van der Waals surface area contributed by atoms with Crippen LogP contribution in [0.3, 0.4) is 0 Å². The van der Waals surface area contributed by atoms with E-state index in [9.17, 15) is 9.59 Å². The molecule has 2 amide bonds. The molecule has 2 rings (SSSR count). The van der Waals surface area contributed by atoms with Gasteiger partial charge in [0.15, 0.2) is 0 Å². The molecule has 26 heavy (non-hydrogen) atoms. The van der Waals surface area contributed by atoms with Crippen LogP contribution in [0.2, 0.25) is 0 Å². The molecule has 0 heterocycles. The average Bonchev–Trinajstić information content (AvgIpc) is 2.58. The van der Waals surface area contributed by atoms with Gasteiger partial charge in [0.1, 0.15) is 5.75 Å². The first-order chi connectivity index (χ1) is 12.4. The number of methoxy groups -OCH3 is 1. The summed E-state index contributed by atoms with van der Waals surface area (Å²) in [5.41, 5.74) is 0.678. The number of carbonyl (C=O) groups is 2.